The van der Waals surface area contributed by atoms with Gasteiger partial charge in [0.05, 0.1) is 26.4 Å². The Hall–Kier alpha value is -0.810. The van der Waals surface area contributed by atoms with Crippen LogP contribution in [0.2, 0.25) is 0 Å². The molecule has 1 amide bonds. The van der Waals surface area contributed by atoms with Gasteiger partial charge in [-0.25, -0.2) is 4.79 Å². The fourth-order valence-corrected chi connectivity index (χ4v) is 1.53. The fraction of sp³-hybridized carbons (Fsp3) is 0.923. The van der Waals surface area contributed by atoms with Crippen molar-refractivity contribution >= 4 is 6.09 Å². The molecule has 1 atom stereocenters. The molecule has 0 saturated heterocycles. The smallest absolute Gasteiger partial charge is 0.407 e. The van der Waals surface area contributed by atoms with Crippen LogP contribution in [0.4, 0.5) is 4.79 Å². The molecule has 0 bridgehead atoms. The summed E-state index contributed by atoms with van der Waals surface area (Å²) in [7, 11) is 0. The number of ether oxygens (including phenoxy) is 2. The van der Waals surface area contributed by atoms with E-state index in [2.05, 4.69) is 19.2 Å². The first kappa shape index (κ1) is 17.2. The van der Waals surface area contributed by atoms with Crippen LogP contribution in [0.5, 0.6) is 0 Å². The number of unbranched alkanes of at least 4 members (excludes halogenated alkanes) is 1. The number of carbonyl (C=O) groups is 1. The van der Waals surface area contributed by atoms with Crippen molar-refractivity contribution in [3.8, 4) is 0 Å². The summed E-state index contributed by atoms with van der Waals surface area (Å²) >= 11 is 0. The molecular formula is C13H27NO4. The van der Waals surface area contributed by atoms with Crippen LogP contribution in [0.25, 0.3) is 0 Å². The average molecular weight is 261 g/mol. The first-order chi connectivity index (χ1) is 8.74. The van der Waals surface area contributed by atoms with Crippen molar-refractivity contribution in [3.05, 3.63) is 0 Å². The van der Waals surface area contributed by atoms with E-state index in [0.29, 0.717) is 32.3 Å². The van der Waals surface area contributed by atoms with Crippen molar-refractivity contribution in [2.45, 2.75) is 39.5 Å². The average Bonchev–Trinajstić information content (AvgIpc) is 2.39. The number of alkyl carbamates (subject to hydrolysis) is 1. The summed E-state index contributed by atoms with van der Waals surface area (Å²) in [4.78, 5) is 11.3. The molecule has 0 fully saturated rings. The Morgan fingerprint density at radius 1 is 1.33 bits per heavy atom. The topological polar surface area (TPSA) is 67.8 Å². The van der Waals surface area contributed by atoms with E-state index >= 15 is 0 Å². The molecule has 2 N–H and O–H groups in total. The minimum atomic E-state index is -0.391. The lowest BCUT2D eigenvalue weighted by Crippen LogP contribution is -2.29. The number of carbonyl (C=O) groups excluding carboxylic acids is 1. The van der Waals surface area contributed by atoms with Gasteiger partial charge in [0.15, 0.2) is 0 Å². The van der Waals surface area contributed by atoms with E-state index in [-0.39, 0.29) is 6.61 Å². The van der Waals surface area contributed by atoms with Gasteiger partial charge in [-0.1, -0.05) is 33.1 Å². The molecule has 5 nitrogen and oxygen atoms in total. The number of rotatable bonds is 11. The van der Waals surface area contributed by atoms with Gasteiger partial charge in [0.25, 0.3) is 0 Å². The second kappa shape index (κ2) is 12.6. The Labute approximate surface area is 110 Å². The minimum Gasteiger partial charge on any atom is -0.449 e. The first-order valence-corrected chi connectivity index (χ1v) is 6.83. The van der Waals surface area contributed by atoms with Gasteiger partial charge in [-0.3, -0.25) is 0 Å². The lowest BCUT2D eigenvalue weighted by atomic mass is 10.0. The van der Waals surface area contributed by atoms with Crippen LogP contribution in [0, 0.1) is 5.92 Å². The van der Waals surface area contributed by atoms with E-state index in [9.17, 15) is 4.79 Å². The fourth-order valence-electron chi connectivity index (χ4n) is 1.53. The van der Waals surface area contributed by atoms with Gasteiger partial charge in [-0.05, 0) is 12.3 Å². The van der Waals surface area contributed by atoms with Gasteiger partial charge in [0.1, 0.15) is 0 Å². The Balaban J connectivity index is 3.49. The predicted octanol–water partition coefficient (Wildman–Crippen LogP) is 1.94. The standard InChI is InChI=1S/C13H27NO4/c1-3-5-6-12(4-2)11-18-13(16)14-7-9-17-10-8-15/h12,15H,3-11H2,1-2H3,(H,14,16). The minimum absolute atomic E-state index is 0.0000546. The van der Waals surface area contributed by atoms with Crippen LogP contribution >= 0.6 is 0 Å². The van der Waals surface area contributed by atoms with Crippen LogP contribution in [0.1, 0.15) is 39.5 Å². The molecule has 0 aromatic rings. The number of amides is 1. The largest absolute Gasteiger partial charge is 0.449 e. The Morgan fingerprint density at radius 2 is 2.11 bits per heavy atom. The highest BCUT2D eigenvalue weighted by Crippen LogP contribution is 2.12. The zero-order valence-corrected chi connectivity index (χ0v) is 11.6. The summed E-state index contributed by atoms with van der Waals surface area (Å²) in [6.07, 6.45) is 4.11. The van der Waals surface area contributed by atoms with Crippen molar-refractivity contribution in [1.29, 1.82) is 0 Å². The first-order valence-electron chi connectivity index (χ1n) is 6.83. The maximum absolute atomic E-state index is 11.3. The van der Waals surface area contributed by atoms with Crippen LogP contribution < -0.4 is 5.32 Å². The van der Waals surface area contributed by atoms with Gasteiger partial charge in [0, 0.05) is 6.54 Å². The monoisotopic (exact) mass is 261 g/mol. The molecule has 0 heterocycles. The summed E-state index contributed by atoms with van der Waals surface area (Å²) in [5, 5.41) is 11.1. The van der Waals surface area contributed by atoms with Crippen LogP contribution in [-0.2, 0) is 9.47 Å². The van der Waals surface area contributed by atoms with E-state index in [1.54, 1.807) is 0 Å². The zero-order valence-electron chi connectivity index (χ0n) is 11.6. The highest BCUT2D eigenvalue weighted by molar-refractivity contribution is 5.67. The van der Waals surface area contributed by atoms with Gasteiger partial charge in [-0.2, -0.15) is 0 Å². The molecule has 0 rings (SSSR count). The molecule has 0 aliphatic heterocycles. The zero-order chi connectivity index (χ0) is 13.6. The summed E-state index contributed by atoms with van der Waals surface area (Å²) in [5.74, 6) is 0.460. The Bertz CT molecular complexity index is 199. The summed E-state index contributed by atoms with van der Waals surface area (Å²) in [6.45, 7) is 5.86. The van der Waals surface area contributed by atoms with Crippen molar-refractivity contribution < 1.29 is 19.4 Å². The molecule has 0 aromatic carbocycles. The van der Waals surface area contributed by atoms with E-state index in [0.717, 1.165) is 12.8 Å². The summed E-state index contributed by atoms with van der Waals surface area (Å²) in [5.41, 5.74) is 0. The summed E-state index contributed by atoms with van der Waals surface area (Å²) < 4.78 is 10.2. The van der Waals surface area contributed by atoms with E-state index in [4.69, 9.17) is 14.6 Å². The lowest BCUT2D eigenvalue weighted by molar-refractivity contribution is 0.0883. The predicted molar refractivity (Wildman–Crippen MR) is 70.6 cm³/mol. The molecule has 0 radical (unpaired) electrons. The second-order valence-electron chi connectivity index (χ2n) is 4.28. The van der Waals surface area contributed by atoms with Gasteiger partial charge >= 0.3 is 6.09 Å². The normalized spacial score (nSPS) is 12.2. The molecule has 108 valence electrons. The SMILES string of the molecule is CCCCC(CC)COC(=O)NCCOCCO. The number of hydrogen-bond donors (Lipinski definition) is 2. The number of aliphatic hydroxyl groups excluding tert-OH is 1. The number of aliphatic hydroxyl groups is 1. The Morgan fingerprint density at radius 3 is 2.72 bits per heavy atom. The van der Waals surface area contributed by atoms with Crippen molar-refractivity contribution in [2.75, 3.05) is 33.0 Å². The third-order valence-electron chi connectivity index (χ3n) is 2.74. The maximum Gasteiger partial charge on any atom is 0.407 e. The summed E-state index contributed by atoms with van der Waals surface area (Å²) in [6, 6.07) is 0. The van der Waals surface area contributed by atoms with Gasteiger partial charge in [0.2, 0.25) is 0 Å². The number of nitrogens with one attached hydrogen (secondary N) is 1. The molecule has 0 saturated carbocycles. The molecule has 1 unspecified atom stereocenters. The highest BCUT2D eigenvalue weighted by atomic mass is 16.5. The third-order valence-corrected chi connectivity index (χ3v) is 2.74. The maximum atomic E-state index is 11.3. The van der Waals surface area contributed by atoms with Crippen molar-refractivity contribution in [3.63, 3.8) is 0 Å². The van der Waals surface area contributed by atoms with Gasteiger partial charge in [-0.15, -0.1) is 0 Å². The lowest BCUT2D eigenvalue weighted by Gasteiger charge is -2.14. The quantitative estimate of drug-likeness (QED) is 0.558. The van der Waals surface area contributed by atoms with Crippen LogP contribution in [0.15, 0.2) is 0 Å². The highest BCUT2D eigenvalue weighted by Gasteiger charge is 2.09. The number of hydrogen-bond acceptors (Lipinski definition) is 4. The molecule has 0 aliphatic carbocycles. The van der Waals surface area contributed by atoms with E-state index in [1.165, 1.54) is 12.8 Å². The third kappa shape index (κ3) is 10.4. The molecule has 5 heteroatoms. The molecule has 18 heavy (non-hydrogen) atoms. The molecule has 0 aromatic heterocycles. The molecular weight excluding hydrogens is 234 g/mol. The van der Waals surface area contributed by atoms with Crippen molar-refractivity contribution in [1.82, 2.24) is 5.32 Å². The van der Waals surface area contributed by atoms with E-state index in [1.807, 2.05) is 0 Å². The molecule has 0 spiro atoms. The van der Waals surface area contributed by atoms with Crippen LogP contribution in [0.3, 0.4) is 0 Å². The van der Waals surface area contributed by atoms with Crippen LogP contribution in [-0.4, -0.2) is 44.2 Å². The second-order valence-corrected chi connectivity index (χ2v) is 4.28. The Kier molecular flexibility index (Phi) is 12.1. The van der Waals surface area contributed by atoms with Gasteiger partial charge < -0.3 is 19.9 Å². The molecule has 0 aliphatic rings. The van der Waals surface area contributed by atoms with Crippen molar-refractivity contribution in [2.24, 2.45) is 5.92 Å². The van der Waals surface area contributed by atoms with E-state index < -0.39 is 6.09 Å².